The average Bonchev–Trinajstić information content (AvgIpc) is 2.49. The van der Waals surface area contributed by atoms with Crippen LogP contribution in [-0.2, 0) is 9.31 Å². The topological polar surface area (TPSA) is 40.6 Å². The number of hydrogen-bond donors (Lipinski definition) is 0. The number of nitrogens with zero attached hydrogens (tertiary/aromatic N) is 1. The molecule has 2 rings (SSSR count). The monoisotopic (exact) mass is 249 g/mol. The van der Waals surface area contributed by atoms with Crippen molar-refractivity contribution in [3.63, 3.8) is 0 Å². The molecule has 0 spiro atoms. The highest BCUT2D eigenvalue weighted by molar-refractivity contribution is 6.61. The highest BCUT2D eigenvalue weighted by atomic mass is 16.7. The smallest absolute Gasteiger partial charge is 0.478 e. The van der Waals surface area contributed by atoms with Gasteiger partial charge in [-0.3, -0.25) is 0 Å². The molecule has 0 atom stereocenters. The maximum atomic E-state index is 5.94. The summed E-state index contributed by atoms with van der Waals surface area (Å²) in [5.74, 6) is 0.602. The molecule has 4 nitrogen and oxygen atoms in total. The molecule has 1 aromatic heterocycles. The van der Waals surface area contributed by atoms with E-state index in [4.69, 9.17) is 14.0 Å². The van der Waals surface area contributed by atoms with Crippen molar-refractivity contribution in [1.82, 2.24) is 4.98 Å². The first kappa shape index (κ1) is 13.4. The molecule has 5 heteroatoms. The van der Waals surface area contributed by atoms with E-state index in [0.717, 1.165) is 5.59 Å². The van der Waals surface area contributed by atoms with Crippen LogP contribution in [0.15, 0.2) is 18.2 Å². The van der Waals surface area contributed by atoms with Gasteiger partial charge in [-0.25, -0.2) is 4.98 Å². The number of ether oxygens (including phenoxy) is 1. The van der Waals surface area contributed by atoms with E-state index < -0.39 is 7.12 Å². The Balaban J connectivity index is 2.21. The molecule has 98 valence electrons. The van der Waals surface area contributed by atoms with E-state index in [0.29, 0.717) is 12.5 Å². The average molecular weight is 249 g/mol. The van der Waals surface area contributed by atoms with Crippen LogP contribution in [0.1, 0.15) is 34.6 Å². The van der Waals surface area contributed by atoms with E-state index in [1.807, 2.05) is 52.8 Å². The van der Waals surface area contributed by atoms with Gasteiger partial charge in [0, 0.05) is 6.07 Å². The molecular weight excluding hydrogens is 229 g/mol. The van der Waals surface area contributed by atoms with Crippen LogP contribution in [0, 0.1) is 0 Å². The Kier molecular flexibility index (Phi) is 3.38. The maximum absolute atomic E-state index is 5.94. The number of rotatable bonds is 3. The number of pyridine rings is 1. The fourth-order valence-corrected chi connectivity index (χ4v) is 1.75. The van der Waals surface area contributed by atoms with Gasteiger partial charge in [0.2, 0.25) is 5.88 Å². The van der Waals surface area contributed by atoms with E-state index in [1.165, 1.54) is 0 Å². The van der Waals surface area contributed by atoms with Crippen LogP contribution in [-0.4, -0.2) is 29.9 Å². The summed E-state index contributed by atoms with van der Waals surface area (Å²) in [6, 6.07) is 5.63. The summed E-state index contributed by atoms with van der Waals surface area (Å²) in [6.07, 6.45) is 0. The van der Waals surface area contributed by atoms with Crippen LogP contribution in [0.2, 0.25) is 0 Å². The summed E-state index contributed by atoms with van der Waals surface area (Å²) in [5, 5.41) is 0. The van der Waals surface area contributed by atoms with Gasteiger partial charge in [0.05, 0.1) is 23.4 Å². The zero-order valence-electron chi connectivity index (χ0n) is 11.7. The van der Waals surface area contributed by atoms with E-state index in [1.54, 1.807) is 0 Å². The van der Waals surface area contributed by atoms with Crippen LogP contribution in [0.5, 0.6) is 5.88 Å². The Bertz CT molecular complexity index is 418. The third-order valence-electron chi connectivity index (χ3n) is 3.53. The van der Waals surface area contributed by atoms with Gasteiger partial charge in [-0.2, -0.15) is 0 Å². The maximum Gasteiger partial charge on any atom is 0.514 e. The summed E-state index contributed by atoms with van der Waals surface area (Å²) in [7, 11) is -0.435. The molecule has 0 N–H and O–H groups in total. The molecule has 0 bridgehead atoms. The highest BCUT2D eigenvalue weighted by Gasteiger charge is 2.52. The lowest BCUT2D eigenvalue weighted by molar-refractivity contribution is 0.00578. The van der Waals surface area contributed by atoms with Crippen LogP contribution in [0.3, 0.4) is 0 Å². The van der Waals surface area contributed by atoms with Gasteiger partial charge in [0.25, 0.3) is 0 Å². The first-order valence-electron chi connectivity index (χ1n) is 6.31. The highest BCUT2D eigenvalue weighted by Crippen LogP contribution is 2.36. The van der Waals surface area contributed by atoms with Crippen molar-refractivity contribution >= 4 is 12.7 Å². The van der Waals surface area contributed by atoms with E-state index in [-0.39, 0.29) is 11.2 Å². The Morgan fingerprint density at radius 2 is 1.78 bits per heavy atom. The molecule has 1 fully saturated rings. The van der Waals surface area contributed by atoms with Crippen LogP contribution < -0.4 is 10.3 Å². The standard InChI is InChI=1S/C13H20BNO3/c1-6-16-11-9-7-8-10(15-11)14-17-12(2,3)13(4,5)18-14/h7-9H,6H2,1-5H3. The van der Waals surface area contributed by atoms with E-state index >= 15 is 0 Å². The summed E-state index contributed by atoms with van der Waals surface area (Å²) < 4.78 is 17.3. The summed E-state index contributed by atoms with van der Waals surface area (Å²) in [4.78, 5) is 4.40. The predicted molar refractivity (Wildman–Crippen MR) is 71.1 cm³/mol. The second kappa shape index (κ2) is 4.55. The van der Waals surface area contributed by atoms with E-state index in [2.05, 4.69) is 4.98 Å². The largest absolute Gasteiger partial charge is 0.514 e. The van der Waals surface area contributed by atoms with Gasteiger partial charge in [0.1, 0.15) is 0 Å². The Labute approximate surface area is 109 Å². The zero-order valence-corrected chi connectivity index (χ0v) is 11.7. The minimum absolute atomic E-state index is 0.346. The minimum Gasteiger partial charge on any atom is -0.478 e. The normalized spacial score (nSPS) is 21.1. The van der Waals surface area contributed by atoms with Gasteiger partial charge < -0.3 is 14.0 Å². The minimum atomic E-state index is -0.435. The van der Waals surface area contributed by atoms with Crippen LogP contribution in [0.25, 0.3) is 0 Å². The lowest BCUT2D eigenvalue weighted by atomic mass is 9.84. The zero-order chi connectivity index (χ0) is 13.4. The molecule has 0 aliphatic carbocycles. The van der Waals surface area contributed by atoms with E-state index in [9.17, 15) is 0 Å². The summed E-state index contributed by atoms with van der Waals surface area (Å²) >= 11 is 0. The molecule has 0 amide bonds. The van der Waals surface area contributed by atoms with Crippen molar-refractivity contribution in [3.05, 3.63) is 18.2 Å². The third-order valence-corrected chi connectivity index (χ3v) is 3.53. The molecule has 2 heterocycles. The fourth-order valence-electron chi connectivity index (χ4n) is 1.75. The predicted octanol–water partition coefficient (Wildman–Crippen LogP) is 1.78. The molecule has 0 saturated carbocycles. The van der Waals surface area contributed by atoms with Crippen molar-refractivity contribution in [2.75, 3.05) is 6.61 Å². The number of aromatic nitrogens is 1. The molecular formula is C13H20BNO3. The number of hydrogen-bond acceptors (Lipinski definition) is 4. The first-order chi connectivity index (χ1) is 8.36. The van der Waals surface area contributed by atoms with Gasteiger partial charge in [-0.05, 0) is 40.7 Å². The van der Waals surface area contributed by atoms with Gasteiger partial charge in [-0.1, -0.05) is 6.07 Å². The van der Waals surface area contributed by atoms with Crippen molar-refractivity contribution in [1.29, 1.82) is 0 Å². The molecule has 0 unspecified atom stereocenters. The van der Waals surface area contributed by atoms with Crippen molar-refractivity contribution in [3.8, 4) is 5.88 Å². The lowest BCUT2D eigenvalue weighted by Gasteiger charge is -2.32. The van der Waals surface area contributed by atoms with Gasteiger partial charge in [0.15, 0.2) is 0 Å². The Morgan fingerprint density at radius 1 is 1.17 bits per heavy atom. The molecule has 0 radical (unpaired) electrons. The van der Waals surface area contributed by atoms with Gasteiger partial charge in [-0.15, -0.1) is 0 Å². The van der Waals surface area contributed by atoms with Crippen LogP contribution >= 0.6 is 0 Å². The quantitative estimate of drug-likeness (QED) is 0.765. The van der Waals surface area contributed by atoms with Crippen molar-refractivity contribution in [2.45, 2.75) is 45.8 Å². The lowest BCUT2D eigenvalue weighted by Crippen LogP contribution is -2.41. The first-order valence-corrected chi connectivity index (χ1v) is 6.31. The van der Waals surface area contributed by atoms with Crippen LogP contribution in [0.4, 0.5) is 0 Å². The van der Waals surface area contributed by atoms with Crippen molar-refractivity contribution < 1.29 is 14.0 Å². The van der Waals surface area contributed by atoms with Gasteiger partial charge >= 0.3 is 7.12 Å². The summed E-state index contributed by atoms with van der Waals surface area (Å²) in [5.41, 5.74) is 0.0571. The Morgan fingerprint density at radius 3 is 2.33 bits per heavy atom. The second-order valence-electron chi connectivity index (χ2n) is 5.42. The van der Waals surface area contributed by atoms with Crippen molar-refractivity contribution in [2.24, 2.45) is 0 Å². The molecule has 1 saturated heterocycles. The Hall–Kier alpha value is -1.07. The molecule has 18 heavy (non-hydrogen) atoms. The SMILES string of the molecule is CCOc1cccc(B2OC(C)(C)C(C)(C)O2)n1. The second-order valence-corrected chi connectivity index (χ2v) is 5.42. The summed E-state index contributed by atoms with van der Waals surface area (Å²) in [6.45, 7) is 10.6. The molecule has 0 aromatic carbocycles. The molecule has 1 aliphatic heterocycles. The molecule has 1 aliphatic rings. The third kappa shape index (κ3) is 2.38. The fraction of sp³-hybridized carbons (Fsp3) is 0.615. The molecule has 1 aromatic rings.